The number of anilines is 3. The normalized spacial score (nSPS) is 11.9. The van der Waals surface area contributed by atoms with Crippen LogP contribution < -0.4 is 4.90 Å². The summed E-state index contributed by atoms with van der Waals surface area (Å²) in [6.45, 7) is 0. The summed E-state index contributed by atoms with van der Waals surface area (Å²) in [6.07, 6.45) is 0. The van der Waals surface area contributed by atoms with Crippen LogP contribution in [0, 0.1) is 0 Å². The number of hydrogen-bond donors (Lipinski definition) is 0. The summed E-state index contributed by atoms with van der Waals surface area (Å²) >= 11 is 1.83. The first-order valence-corrected chi connectivity index (χ1v) is 16.2. The van der Waals surface area contributed by atoms with E-state index in [1.807, 2.05) is 35.6 Å². The van der Waals surface area contributed by atoms with Crippen LogP contribution in [0.2, 0.25) is 0 Å². The van der Waals surface area contributed by atoms with Crippen LogP contribution in [0.5, 0.6) is 0 Å². The SMILES string of the molecule is c1ccc(-c2ccc(N(c3ccc4sc5c(ccc6oc7ccccc7c65)c4c3)c3cccc4c3oc3ccccc34)cc2)cc1. The molecule has 0 aliphatic carbocycles. The number of thiophene rings is 1. The third-order valence-electron chi connectivity index (χ3n) is 9.08. The van der Waals surface area contributed by atoms with Gasteiger partial charge in [-0.25, -0.2) is 0 Å². The molecule has 10 aromatic rings. The highest BCUT2D eigenvalue weighted by molar-refractivity contribution is 7.26. The van der Waals surface area contributed by atoms with Gasteiger partial charge in [-0.3, -0.25) is 0 Å². The predicted octanol–water partition coefficient (Wildman–Crippen LogP) is 13.0. The molecular weight excluding hydrogens is 583 g/mol. The quantitative estimate of drug-likeness (QED) is 0.199. The standard InChI is InChI=1S/C42H25NO2S/c1-2-9-26(10-3-1)27-17-19-28(20-18-27)43(35-14-8-13-31-30-11-4-6-15-36(30)45-41(31)35)29-21-24-39-34(25-29)32-22-23-38-40(42(32)46-39)33-12-5-7-16-37(33)44-38/h1-25H. The molecular formula is C42H25NO2S. The molecule has 0 saturated heterocycles. The summed E-state index contributed by atoms with van der Waals surface area (Å²) in [5, 5.41) is 7.04. The Morgan fingerprint density at radius 2 is 1.13 bits per heavy atom. The minimum atomic E-state index is 0.873. The molecule has 10 rings (SSSR count). The van der Waals surface area contributed by atoms with Crippen LogP contribution in [0.15, 0.2) is 160 Å². The zero-order chi connectivity index (χ0) is 30.2. The van der Waals surface area contributed by atoms with Crippen molar-refractivity contribution in [1.82, 2.24) is 0 Å². The molecule has 0 aliphatic heterocycles. The van der Waals surface area contributed by atoms with Crippen molar-refractivity contribution in [2.75, 3.05) is 4.90 Å². The molecule has 0 radical (unpaired) electrons. The van der Waals surface area contributed by atoms with Gasteiger partial charge < -0.3 is 13.7 Å². The molecule has 0 N–H and O–H groups in total. The van der Waals surface area contributed by atoms with Crippen molar-refractivity contribution in [3.05, 3.63) is 152 Å². The fraction of sp³-hybridized carbons (Fsp3) is 0. The second-order valence-corrected chi connectivity index (χ2v) is 12.7. The first kappa shape index (κ1) is 25.5. The molecule has 46 heavy (non-hydrogen) atoms. The zero-order valence-corrected chi connectivity index (χ0v) is 25.4. The fourth-order valence-corrected chi connectivity index (χ4v) is 8.17. The Balaban J connectivity index is 1.21. The van der Waals surface area contributed by atoms with Gasteiger partial charge in [0, 0.05) is 53.1 Å². The van der Waals surface area contributed by atoms with Crippen LogP contribution in [-0.4, -0.2) is 0 Å². The van der Waals surface area contributed by atoms with E-state index in [2.05, 4.69) is 132 Å². The second-order valence-electron chi connectivity index (χ2n) is 11.7. The van der Waals surface area contributed by atoms with Crippen LogP contribution in [0.3, 0.4) is 0 Å². The molecule has 0 aliphatic rings. The van der Waals surface area contributed by atoms with E-state index in [-0.39, 0.29) is 0 Å². The monoisotopic (exact) mass is 607 g/mol. The minimum absolute atomic E-state index is 0.873. The van der Waals surface area contributed by atoms with Crippen molar-refractivity contribution in [2.24, 2.45) is 0 Å². The molecule has 7 aromatic carbocycles. The van der Waals surface area contributed by atoms with Gasteiger partial charge >= 0.3 is 0 Å². The van der Waals surface area contributed by atoms with Crippen LogP contribution in [0.1, 0.15) is 0 Å². The van der Waals surface area contributed by atoms with E-state index in [1.165, 1.54) is 36.7 Å². The van der Waals surface area contributed by atoms with Gasteiger partial charge in [-0.2, -0.15) is 0 Å². The molecule has 0 spiro atoms. The lowest BCUT2D eigenvalue weighted by Crippen LogP contribution is -2.10. The first-order valence-electron chi connectivity index (χ1n) is 15.4. The molecule has 0 atom stereocenters. The summed E-state index contributed by atoms with van der Waals surface area (Å²) < 4.78 is 15.3. The van der Waals surface area contributed by atoms with Crippen molar-refractivity contribution in [3.63, 3.8) is 0 Å². The van der Waals surface area contributed by atoms with Gasteiger partial charge in [0.25, 0.3) is 0 Å². The number of nitrogens with zero attached hydrogens (tertiary/aromatic N) is 1. The average molecular weight is 608 g/mol. The highest BCUT2D eigenvalue weighted by atomic mass is 32.1. The lowest BCUT2D eigenvalue weighted by atomic mass is 10.0. The van der Waals surface area contributed by atoms with Crippen molar-refractivity contribution < 1.29 is 8.83 Å². The molecule has 216 valence electrons. The highest BCUT2D eigenvalue weighted by Gasteiger charge is 2.21. The van der Waals surface area contributed by atoms with Gasteiger partial charge in [-0.1, -0.05) is 91.0 Å². The average Bonchev–Trinajstić information content (AvgIpc) is 3.80. The third-order valence-corrected chi connectivity index (χ3v) is 10.3. The maximum atomic E-state index is 6.57. The molecule has 0 fully saturated rings. The minimum Gasteiger partial charge on any atom is -0.456 e. The maximum Gasteiger partial charge on any atom is 0.159 e. The van der Waals surface area contributed by atoms with Gasteiger partial charge in [0.2, 0.25) is 0 Å². The third kappa shape index (κ3) is 3.77. The molecule has 0 amide bonds. The molecule has 4 heteroatoms. The molecule has 3 aromatic heterocycles. The summed E-state index contributed by atoms with van der Waals surface area (Å²) in [7, 11) is 0. The van der Waals surface area contributed by atoms with Crippen molar-refractivity contribution in [3.8, 4) is 11.1 Å². The Morgan fingerprint density at radius 1 is 0.435 bits per heavy atom. The number of rotatable bonds is 4. The van der Waals surface area contributed by atoms with E-state index in [9.17, 15) is 0 Å². The van der Waals surface area contributed by atoms with Crippen molar-refractivity contribution in [1.29, 1.82) is 0 Å². The molecule has 0 unspecified atom stereocenters. The first-order chi connectivity index (χ1) is 22.8. The van der Waals surface area contributed by atoms with Gasteiger partial charge in [-0.05, 0) is 71.8 Å². The van der Waals surface area contributed by atoms with Crippen molar-refractivity contribution >= 4 is 92.4 Å². The van der Waals surface area contributed by atoms with E-state index in [1.54, 1.807) is 0 Å². The maximum absolute atomic E-state index is 6.57. The zero-order valence-electron chi connectivity index (χ0n) is 24.6. The Bertz CT molecular complexity index is 2750. The van der Waals surface area contributed by atoms with E-state index in [0.717, 1.165) is 55.6 Å². The predicted molar refractivity (Wildman–Crippen MR) is 194 cm³/mol. The van der Waals surface area contributed by atoms with E-state index in [0.29, 0.717) is 0 Å². The Labute approximate surface area is 268 Å². The van der Waals surface area contributed by atoms with E-state index >= 15 is 0 Å². The van der Waals surface area contributed by atoms with Crippen LogP contribution >= 0.6 is 11.3 Å². The number of furan rings is 2. The lowest BCUT2D eigenvalue weighted by molar-refractivity contribution is 0.669. The Hall–Kier alpha value is -5.84. The van der Waals surface area contributed by atoms with Gasteiger partial charge in [0.05, 0.1) is 5.69 Å². The van der Waals surface area contributed by atoms with Gasteiger partial charge in [-0.15, -0.1) is 11.3 Å². The summed E-state index contributed by atoms with van der Waals surface area (Å²) in [5.41, 5.74) is 9.14. The van der Waals surface area contributed by atoms with Crippen LogP contribution in [-0.2, 0) is 0 Å². The van der Waals surface area contributed by atoms with E-state index in [4.69, 9.17) is 8.83 Å². The topological polar surface area (TPSA) is 29.5 Å². The molecule has 0 bridgehead atoms. The largest absolute Gasteiger partial charge is 0.456 e. The second kappa shape index (κ2) is 9.83. The van der Waals surface area contributed by atoms with Crippen molar-refractivity contribution in [2.45, 2.75) is 0 Å². The summed E-state index contributed by atoms with van der Waals surface area (Å²) in [5.74, 6) is 0. The van der Waals surface area contributed by atoms with Crippen LogP contribution in [0.4, 0.5) is 17.1 Å². The van der Waals surface area contributed by atoms with Gasteiger partial charge in [0.15, 0.2) is 5.58 Å². The van der Waals surface area contributed by atoms with Crippen LogP contribution in [0.25, 0.3) is 75.2 Å². The van der Waals surface area contributed by atoms with Gasteiger partial charge in [0.1, 0.15) is 16.7 Å². The summed E-state index contributed by atoms with van der Waals surface area (Å²) in [6, 6.07) is 53.5. The number of benzene rings is 7. The lowest BCUT2D eigenvalue weighted by Gasteiger charge is -2.26. The van der Waals surface area contributed by atoms with E-state index < -0.39 is 0 Å². The fourth-order valence-electron chi connectivity index (χ4n) is 6.94. The summed E-state index contributed by atoms with van der Waals surface area (Å²) in [4.78, 5) is 2.33. The molecule has 0 saturated carbocycles. The number of fused-ring (bicyclic) bond motifs is 10. The highest BCUT2D eigenvalue weighted by Crippen LogP contribution is 2.46. The smallest absolute Gasteiger partial charge is 0.159 e. The Morgan fingerprint density at radius 3 is 1.98 bits per heavy atom. The molecule has 3 heterocycles. The Kier molecular flexibility index (Phi) is 5.45. The molecule has 3 nitrogen and oxygen atoms in total. The number of hydrogen-bond acceptors (Lipinski definition) is 4. The number of para-hydroxylation sites is 3.